The molecular formula is C21H20F3N3O2. The molecule has 2 amide bonds. The van der Waals surface area contributed by atoms with E-state index >= 15 is 0 Å². The second-order valence-electron chi connectivity index (χ2n) is 7.52. The third-order valence-corrected chi connectivity index (χ3v) is 5.35. The van der Waals surface area contributed by atoms with Crippen molar-refractivity contribution < 1.29 is 22.8 Å². The standard InChI is InChI=1S/C21H20F3N3O2/c1-12(25-19(28)13-4-6-14(22)7-5-13)16-8-9-18-17(26-16)3-2-10-27(18)20(29)15-11-21(15,23)24/h4-9,12,15H,2-3,10-11H2,1H3,(H,25,28). The van der Waals surface area contributed by atoms with Crippen LogP contribution in [0.25, 0.3) is 0 Å². The van der Waals surface area contributed by atoms with Gasteiger partial charge in [0.15, 0.2) is 0 Å². The smallest absolute Gasteiger partial charge is 0.260 e. The maximum absolute atomic E-state index is 13.3. The second-order valence-corrected chi connectivity index (χ2v) is 7.52. The van der Waals surface area contributed by atoms with Crippen molar-refractivity contribution in [1.82, 2.24) is 10.3 Å². The van der Waals surface area contributed by atoms with Crippen LogP contribution >= 0.6 is 0 Å². The molecule has 1 fully saturated rings. The maximum Gasteiger partial charge on any atom is 0.260 e. The highest BCUT2D eigenvalue weighted by Crippen LogP contribution is 2.50. The summed E-state index contributed by atoms with van der Waals surface area (Å²) >= 11 is 0. The zero-order valence-corrected chi connectivity index (χ0v) is 15.8. The average molecular weight is 403 g/mol. The van der Waals surface area contributed by atoms with Gasteiger partial charge in [-0.25, -0.2) is 13.2 Å². The molecule has 0 radical (unpaired) electrons. The van der Waals surface area contributed by atoms with Gasteiger partial charge in [-0.2, -0.15) is 0 Å². The molecule has 1 aliphatic carbocycles. The third kappa shape index (κ3) is 3.83. The number of amides is 2. The Hall–Kier alpha value is -2.90. The minimum Gasteiger partial charge on any atom is -0.344 e. The number of alkyl halides is 2. The lowest BCUT2D eigenvalue weighted by atomic mass is 10.0. The minimum atomic E-state index is -2.90. The highest BCUT2D eigenvalue weighted by Gasteiger charge is 2.62. The molecule has 29 heavy (non-hydrogen) atoms. The molecule has 1 aliphatic heterocycles. The molecule has 2 heterocycles. The summed E-state index contributed by atoms with van der Waals surface area (Å²) in [6, 6.07) is 8.19. The first-order chi connectivity index (χ1) is 13.8. The number of pyridine rings is 1. The number of carbonyl (C=O) groups excluding carboxylic acids is 2. The van der Waals surface area contributed by atoms with Crippen LogP contribution in [0.4, 0.5) is 18.9 Å². The molecule has 8 heteroatoms. The number of rotatable bonds is 4. The third-order valence-electron chi connectivity index (χ3n) is 5.35. The van der Waals surface area contributed by atoms with Crippen LogP contribution < -0.4 is 10.2 Å². The van der Waals surface area contributed by atoms with Crippen molar-refractivity contribution in [2.45, 2.75) is 38.2 Å². The van der Waals surface area contributed by atoms with Crippen LogP contribution in [0.5, 0.6) is 0 Å². The Morgan fingerprint density at radius 1 is 1.21 bits per heavy atom. The predicted molar refractivity (Wildman–Crippen MR) is 100 cm³/mol. The van der Waals surface area contributed by atoms with E-state index in [-0.39, 0.29) is 5.91 Å². The molecule has 1 aromatic heterocycles. The predicted octanol–water partition coefficient (Wildman–Crippen LogP) is 3.65. The van der Waals surface area contributed by atoms with Gasteiger partial charge in [0, 0.05) is 18.5 Å². The van der Waals surface area contributed by atoms with Gasteiger partial charge in [-0.3, -0.25) is 14.6 Å². The van der Waals surface area contributed by atoms with E-state index in [9.17, 15) is 22.8 Å². The molecule has 0 spiro atoms. The fraction of sp³-hybridized carbons (Fsp3) is 0.381. The first kappa shape index (κ1) is 19.4. The van der Waals surface area contributed by atoms with Gasteiger partial charge in [0.2, 0.25) is 5.91 Å². The number of nitrogens with one attached hydrogen (secondary N) is 1. The summed E-state index contributed by atoms with van der Waals surface area (Å²) in [6.07, 6.45) is 0.881. The molecule has 2 aromatic rings. The number of halogens is 3. The summed E-state index contributed by atoms with van der Waals surface area (Å²) in [5.74, 6) is -5.47. The SMILES string of the molecule is CC(NC(=O)c1ccc(F)cc1)c1ccc2c(n1)CCCN2C(=O)C1CC1(F)F. The summed E-state index contributed by atoms with van der Waals surface area (Å²) in [7, 11) is 0. The zero-order chi connectivity index (χ0) is 20.8. The quantitative estimate of drug-likeness (QED) is 0.848. The average Bonchev–Trinajstić information content (AvgIpc) is 3.35. The fourth-order valence-corrected chi connectivity index (χ4v) is 3.56. The Labute approximate surface area is 165 Å². The first-order valence-electron chi connectivity index (χ1n) is 9.52. The van der Waals surface area contributed by atoms with E-state index in [2.05, 4.69) is 10.3 Å². The molecule has 1 saturated carbocycles. The maximum atomic E-state index is 13.3. The van der Waals surface area contributed by atoms with Crippen molar-refractivity contribution in [2.24, 2.45) is 5.92 Å². The topological polar surface area (TPSA) is 62.3 Å². The van der Waals surface area contributed by atoms with Crippen molar-refractivity contribution in [1.29, 1.82) is 0 Å². The number of hydrogen-bond acceptors (Lipinski definition) is 3. The summed E-state index contributed by atoms with van der Waals surface area (Å²) < 4.78 is 39.6. The van der Waals surface area contributed by atoms with Crippen molar-refractivity contribution in [3.8, 4) is 0 Å². The van der Waals surface area contributed by atoms with Crippen LogP contribution in [0, 0.1) is 11.7 Å². The lowest BCUT2D eigenvalue weighted by Crippen LogP contribution is -2.38. The number of carbonyl (C=O) groups is 2. The molecule has 4 rings (SSSR count). The van der Waals surface area contributed by atoms with Gasteiger partial charge in [0.05, 0.1) is 23.1 Å². The van der Waals surface area contributed by atoms with Gasteiger partial charge in [-0.1, -0.05) is 0 Å². The van der Waals surface area contributed by atoms with Gasteiger partial charge >= 0.3 is 0 Å². The minimum absolute atomic E-state index is 0.332. The number of anilines is 1. The molecule has 2 unspecified atom stereocenters. The number of hydrogen-bond donors (Lipinski definition) is 1. The van der Waals surface area contributed by atoms with Gasteiger partial charge in [0.1, 0.15) is 11.7 Å². The van der Waals surface area contributed by atoms with Crippen molar-refractivity contribution in [3.63, 3.8) is 0 Å². The number of fused-ring (bicyclic) bond motifs is 1. The second kappa shape index (κ2) is 7.17. The Bertz CT molecular complexity index is 962. The summed E-state index contributed by atoms with van der Waals surface area (Å²) in [4.78, 5) is 30.7. The molecular weight excluding hydrogens is 383 g/mol. The van der Waals surface area contributed by atoms with Gasteiger partial charge in [-0.15, -0.1) is 0 Å². The molecule has 152 valence electrons. The van der Waals surface area contributed by atoms with Crippen LogP contribution in [-0.2, 0) is 11.2 Å². The van der Waals surface area contributed by atoms with Crippen LogP contribution in [0.3, 0.4) is 0 Å². The van der Waals surface area contributed by atoms with Crippen LogP contribution in [0.2, 0.25) is 0 Å². The van der Waals surface area contributed by atoms with E-state index in [1.807, 2.05) is 0 Å². The van der Waals surface area contributed by atoms with E-state index in [0.717, 1.165) is 0 Å². The Morgan fingerprint density at radius 2 is 1.90 bits per heavy atom. The van der Waals surface area contributed by atoms with Gasteiger partial charge in [0.25, 0.3) is 11.8 Å². The highest BCUT2D eigenvalue weighted by molar-refractivity contribution is 5.98. The summed E-state index contributed by atoms with van der Waals surface area (Å²) in [6.45, 7) is 2.17. The molecule has 2 atom stereocenters. The van der Waals surface area contributed by atoms with Crippen LogP contribution in [0.15, 0.2) is 36.4 Å². The largest absolute Gasteiger partial charge is 0.344 e. The molecule has 0 saturated heterocycles. The Balaban J connectivity index is 1.49. The molecule has 1 aromatic carbocycles. The fourth-order valence-electron chi connectivity index (χ4n) is 3.56. The number of nitrogens with zero attached hydrogens (tertiary/aromatic N) is 2. The van der Waals surface area contributed by atoms with E-state index in [1.165, 1.54) is 29.2 Å². The normalized spacial score (nSPS) is 20.6. The number of aryl methyl sites for hydroxylation is 1. The van der Waals surface area contributed by atoms with Gasteiger partial charge in [-0.05, 0) is 56.2 Å². The van der Waals surface area contributed by atoms with Crippen LogP contribution in [0.1, 0.15) is 47.6 Å². The van der Waals surface area contributed by atoms with E-state index in [1.54, 1.807) is 19.1 Å². The van der Waals surface area contributed by atoms with E-state index in [0.29, 0.717) is 42.0 Å². The molecule has 2 aliphatic rings. The van der Waals surface area contributed by atoms with Crippen molar-refractivity contribution in [3.05, 3.63) is 59.2 Å². The van der Waals surface area contributed by atoms with Gasteiger partial charge < -0.3 is 10.2 Å². The monoisotopic (exact) mass is 403 g/mol. The Kier molecular flexibility index (Phi) is 4.80. The van der Waals surface area contributed by atoms with Crippen molar-refractivity contribution >= 4 is 17.5 Å². The number of aromatic nitrogens is 1. The summed E-state index contributed by atoms with van der Waals surface area (Å²) in [5.41, 5.74) is 2.15. The zero-order valence-electron chi connectivity index (χ0n) is 15.8. The lowest BCUT2D eigenvalue weighted by Gasteiger charge is -2.29. The first-order valence-corrected chi connectivity index (χ1v) is 9.52. The molecule has 0 bridgehead atoms. The van der Waals surface area contributed by atoms with Crippen LogP contribution in [-0.4, -0.2) is 29.3 Å². The van der Waals surface area contributed by atoms with E-state index in [4.69, 9.17) is 0 Å². The Morgan fingerprint density at radius 3 is 2.55 bits per heavy atom. The summed E-state index contributed by atoms with van der Waals surface area (Å²) in [5, 5.41) is 2.81. The molecule has 5 nitrogen and oxygen atoms in total. The lowest BCUT2D eigenvalue weighted by molar-refractivity contribution is -0.121. The van der Waals surface area contributed by atoms with Crippen molar-refractivity contribution in [2.75, 3.05) is 11.4 Å². The molecule has 1 N–H and O–H groups in total. The van der Waals surface area contributed by atoms with E-state index < -0.39 is 36.0 Å². The number of benzene rings is 1. The highest BCUT2D eigenvalue weighted by atomic mass is 19.3.